The van der Waals surface area contributed by atoms with E-state index >= 15 is 0 Å². The van der Waals surface area contributed by atoms with Crippen molar-refractivity contribution in [1.82, 2.24) is 14.9 Å². The summed E-state index contributed by atoms with van der Waals surface area (Å²) in [5.74, 6) is 0.527. The normalized spacial score (nSPS) is 12.7. The fraction of sp³-hybridized carbons (Fsp3) is 0.250. The van der Waals surface area contributed by atoms with Gasteiger partial charge in [0.1, 0.15) is 5.52 Å². The average molecular weight is 312 g/mol. The number of fused-ring (bicyclic) bond motifs is 1. The number of hydrogen-bond acceptors (Lipinski definition) is 6. The van der Waals surface area contributed by atoms with E-state index in [1.54, 1.807) is 12.3 Å². The first kappa shape index (κ1) is 15.1. The summed E-state index contributed by atoms with van der Waals surface area (Å²) in [7, 11) is 1.97. The highest BCUT2D eigenvalue weighted by Crippen LogP contribution is 2.24. The standard InChI is InChI=1S/C16H16N4O3/c1-11(12-4-3-7-17-9-12)19(2)10-16-18-14-8-13(20(21)22)5-6-15(14)23-16/h3-9,11H,10H2,1-2H3/t11-/m1/s1. The zero-order valence-electron chi connectivity index (χ0n) is 12.8. The van der Waals surface area contributed by atoms with E-state index in [-0.39, 0.29) is 11.7 Å². The fourth-order valence-corrected chi connectivity index (χ4v) is 2.37. The van der Waals surface area contributed by atoms with Gasteiger partial charge in [-0.2, -0.15) is 0 Å². The maximum atomic E-state index is 10.8. The second kappa shape index (κ2) is 6.13. The van der Waals surface area contributed by atoms with Crippen LogP contribution in [0.4, 0.5) is 5.69 Å². The van der Waals surface area contributed by atoms with Crippen molar-refractivity contribution in [3.05, 3.63) is 64.3 Å². The quantitative estimate of drug-likeness (QED) is 0.530. The van der Waals surface area contributed by atoms with Gasteiger partial charge in [0.25, 0.3) is 5.69 Å². The lowest BCUT2D eigenvalue weighted by Crippen LogP contribution is -2.22. The molecule has 0 spiro atoms. The summed E-state index contributed by atoms with van der Waals surface area (Å²) in [6, 6.07) is 8.48. The number of nitro benzene ring substituents is 1. The van der Waals surface area contributed by atoms with Crippen molar-refractivity contribution < 1.29 is 9.34 Å². The molecule has 0 aliphatic heterocycles. The first-order chi connectivity index (χ1) is 11.0. The van der Waals surface area contributed by atoms with Gasteiger partial charge in [0, 0.05) is 30.6 Å². The lowest BCUT2D eigenvalue weighted by molar-refractivity contribution is -0.384. The smallest absolute Gasteiger partial charge is 0.271 e. The van der Waals surface area contributed by atoms with Crippen molar-refractivity contribution in [3.8, 4) is 0 Å². The monoisotopic (exact) mass is 312 g/mol. The maximum absolute atomic E-state index is 10.8. The third-order valence-electron chi connectivity index (χ3n) is 3.84. The van der Waals surface area contributed by atoms with Gasteiger partial charge in [-0.15, -0.1) is 0 Å². The molecule has 2 heterocycles. The van der Waals surface area contributed by atoms with Crippen LogP contribution in [0.25, 0.3) is 11.1 Å². The molecule has 0 N–H and O–H groups in total. The fourth-order valence-electron chi connectivity index (χ4n) is 2.37. The van der Waals surface area contributed by atoms with E-state index in [0.717, 1.165) is 5.56 Å². The second-order valence-electron chi connectivity index (χ2n) is 5.39. The highest BCUT2D eigenvalue weighted by Gasteiger charge is 2.16. The van der Waals surface area contributed by atoms with Crippen LogP contribution < -0.4 is 0 Å². The highest BCUT2D eigenvalue weighted by atomic mass is 16.6. The van der Waals surface area contributed by atoms with Crippen LogP contribution in [0, 0.1) is 10.1 Å². The zero-order chi connectivity index (χ0) is 16.4. The number of nitro groups is 1. The molecule has 23 heavy (non-hydrogen) atoms. The minimum absolute atomic E-state index is 0.00873. The SMILES string of the molecule is C[C@H](c1cccnc1)N(C)Cc1nc2cc([N+](=O)[O-])ccc2o1. The highest BCUT2D eigenvalue weighted by molar-refractivity contribution is 5.75. The number of pyridine rings is 1. The lowest BCUT2D eigenvalue weighted by Gasteiger charge is -2.23. The van der Waals surface area contributed by atoms with Crippen LogP contribution in [0.5, 0.6) is 0 Å². The Morgan fingerprint density at radius 1 is 1.39 bits per heavy atom. The number of hydrogen-bond donors (Lipinski definition) is 0. The van der Waals surface area contributed by atoms with Gasteiger partial charge in [0.15, 0.2) is 5.58 Å². The first-order valence-electron chi connectivity index (χ1n) is 7.18. The van der Waals surface area contributed by atoms with Crippen LogP contribution in [0.15, 0.2) is 47.1 Å². The van der Waals surface area contributed by atoms with Gasteiger partial charge in [0.05, 0.1) is 11.5 Å². The minimum Gasteiger partial charge on any atom is -0.439 e. The Bertz CT molecular complexity index is 832. The van der Waals surface area contributed by atoms with Crippen LogP contribution in [0.1, 0.15) is 24.4 Å². The summed E-state index contributed by atoms with van der Waals surface area (Å²) in [5.41, 5.74) is 2.15. The summed E-state index contributed by atoms with van der Waals surface area (Å²) in [6.45, 7) is 2.57. The molecular weight excluding hydrogens is 296 g/mol. The number of benzene rings is 1. The van der Waals surface area contributed by atoms with E-state index in [0.29, 0.717) is 23.5 Å². The van der Waals surface area contributed by atoms with Crippen molar-refractivity contribution in [2.24, 2.45) is 0 Å². The Kier molecular flexibility index (Phi) is 4.03. The molecule has 0 unspecified atom stereocenters. The molecule has 0 saturated heterocycles. The number of rotatable bonds is 5. The molecular formula is C16H16N4O3. The summed E-state index contributed by atoms with van der Waals surface area (Å²) >= 11 is 0. The lowest BCUT2D eigenvalue weighted by atomic mass is 10.1. The first-order valence-corrected chi connectivity index (χ1v) is 7.18. The molecule has 1 atom stereocenters. The molecule has 0 radical (unpaired) electrons. The Morgan fingerprint density at radius 3 is 2.91 bits per heavy atom. The van der Waals surface area contributed by atoms with Crippen molar-refractivity contribution in [1.29, 1.82) is 0 Å². The van der Waals surface area contributed by atoms with Gasteiger partial charge in [-0.05, 0) is 31.7 Å². The molecule has 7 nitrogen and oxygen atoms in total. The predicted molar refractivity (Wildman–Crippen MR) is 84.8 cm³/mol. The van der Waals surface area contributed by atoms with E-state index in [9.17, 15) is 10.1 Å². The van der Waals surface area contributed by atoms with Gasteiger partial charge >= 0.3 is 0 Å². The summed E-state index contributed by atoms with van der Waals surface area (Å²) < 4.78 is 5.67. The Labute approximate surface area is 132 Å². The Morgan fingerprint density at radius 2 is 2.22 bits per heavy atom. The molecule has 0 amide bonds. The van der Waals surface area contributed by atoms with Gasteiger partial charge < -0.3 is 4.42 Å². The molecule has 3 aromatic rings. The number of nitrogens with zero attached hydrogens (tertiary/aromatic N) is 4. The number of oxazole rings is 1. The van der Waals surface area contributed by atoms with E-state index in [4.69, 9.17) is 4.42 Å². The maximum Gasteiger partial charge on any atom is 0.271 e. The van der Waals surface area contributed by atoms with E-state index < -0.39 is 4.92 Å². The van der Waals surface area contributed by atoms with Crippen molar-refractivity contribution in [2.45, 2.75) is 19.5 Å². The third-order valence-corrected chi connectivity index (χ3v) is 3.84. The summed E-state index contributed by atoms with van der Waals surface area (Å²) in [4.78, 5) is 20.9. The van der Waals surface area contributed by atoms with Gasteiger partial charge in [-0.3, -0.25) is 20.0 Å². The Balaban J connectivity index is 1.79. The van der Waals surface area contributed by atoms with Gasteiger partial charge in [-0.1, -0.05) is 6.07 Å². The average Bonchev–Trinajstić information content (AvgIpc) is 2.96. The summed E-state index contributed by atoms with van der Waals surface area (Å²) in [6.07, 6.45) is 3.57. The van der Waals surface area contributed by atoms with E-state index in [2.05, 4.69) is 21.8 Å². The van der Waals surface area contributed by atoms with Crippen LogP contribution >= 0.6 is 0 Å². The molecule has 0 aliphatic rings. The molecule has 0 bridgehead atoms. The molecule has 7 heteroatoms. The van der Waals surface area contributed by atoms with Crippen LogP contribution in [-0.4, -0.2) is 26.8 Å². The second-order valence-corrected chi connectivity index (χ2v) is 5.39. The van der Waals surface area contributed by atoms with Crippen LogP contribution in [-0.2, 0) is 6.54 Å². The van der Waals surface area contributed by atoms with Crippen molar-refractivity contribution in [2.75, 3.05) is 7.05 Å². The van der Waals surface area contributed by atoms with Gasteiger partial charge in [0.2, 0.25) is 5.89 Å². The van der Waals surface area contributed by atoms with Crippen LogP contribution in [0.3, 0.4) is 0 Å². The molecule has 0 fully saturated rings. The molecule has 1 aromatic carbocycles. The predicted octanol–water partition coefficient (Wildman–Crippen LogP) is 3.32. The molecule has 2 aromatic heterocycles. The van der Waals surface area contributed by atoms with E-state index in [1.165, 1.54) is 12.1 Å². The van der Waals surface area contributed by atoms with Crippen molar-refractivity contribution >= 4 is 16.8 Å². The number of aromatic nitrogens is 2. The molecule has 0 saturated carbocycles. The largest absolute Gasteiger partial charge is 0.439 e. The number of non-ortho nitro benzene ring substituents is 1. The zero-order valence-corrected chi connectivity index (χ0v) is 12.8. The minimum atomic E-state index is -0.440. The van der Waals surface area contributed by atoms with Crippen LogP contribution in [0.2, 0.25) is 0 Å². The van der Waals surface area contributed by atoms with Gasteiger partial charge in [-0.25, -0.2) is 4.98 Å². The Hall–Kier alpha value is -2.80. The topological polar surface area (TPSA) is 85.3 Å². The molecule has 3 rings (SSSR count). The molecule has 118 valence electrons. The van der Waals surface area contributed by atoms with E-state index in [1.807, 2.05) is 25.4 Å². The summed E-state index contributed by atoms with van der Waals surface area (Å²) in [5, 5.41) is 10.8. The molecule has 0 aliphatic carbocycles. The third kappa shape index (κ3) is 3.19. The van der Waals surface area contributed by atoms with Crippen molar-refractivity contribution in [3.63, 3.8) is 0 Å².